The number of aliphatic hydroxyl groups excluding tert-OH is 2. The molecule has 1 aromatic heterocycles. The molecule has 0 unspecified atom stereocenters. The van der Waals surface area contributed by atoms with Crippen LogP contribution in [-0.4, -0.2) is 15.2 Å². The third kappa shape index (κ3) is 2.25. The highest BCUT2D eigenvalue weighted by atomic mass is 79.9. The molecule has 0 aliphatic carbocycles. The maximum atomic E-state index is 8.72. The van der Waals surface area contributed by atoms with Crippen molar-refractivity contribution in [2.24, 2.45) is 0 Å². The highest BCUT2D eigenvalue weighted by molar-refractivity contribution is 9.10. The molecule has 0 amide bonds. The fraction of sp³-hybridized carbons (Fsp3) is 0.286. The maximum Gasteiger partial charge on any atom is 0.0853 e. The Bertz CT molecular complexity index is 230. The van der Waals surface area contributed by atoms with E-state index in [4.69, 9.17) is 10.2 Å². The Kier molecular flexibility index (Phi) is 2.99. The van der Waals surface area contributed by atoms with Crippen molar-refractivity contribution in [1.29, 1.82) is 0 Å². The van der Waals surface area contributed by atoms with Crippen LogP contribution in [0.15, 0.2) is 16.6 Å². The van der Waals surface area contributed by atoms with Crippen molar-refractivity contribution >= 4 is 15.9 Å². The average molecular weight is 218 g/mol. The van der Waals surface area contributed by atoms with Gasteiger partial charge in [0.2, 0.25) is 0 Å². The first-order valence-electron chi connectivity index (χ1n) is 3.13. The van der Waals surface area contributed by atoms with Crippen LogP contribution >= 0.6 is 15.9 Å². The molecule has 1 rings (SSSR count). The lowest BCUT2D eigenvalue weighted by atomic mass is 10.3. The van der Waals surface area contributed by atoms with Gasteiger partial charge in [-0.3, -0.25) is 4.98 Å². The van der Waals surface area contributed by atoms with Crippen LogP contribution in [0.2, 0.25) is 0 Å². The summed E-state index contributed by atoms with van der Waals surface area (Å²) >= 11 is 3.23. The van der Waals surface area contributed by atoms with Crippen molar-refractivity contribution in [3.05, 3.63) is 28.0 Å². The van der Waals surface area contributed by atoms with Crippen LogP contribution < -0.4 is 0 Å². The monoisotopic (exact) mass is 217 g/mol. The maximum absolute atomic E-state index is 8.72. The molecule has 60 valence electrons. The molecule has 0 bridgehead atoms. The highest BCUT2D eigenvalue weighted by Crippen LogP contribution is 2.12. The topological polar surface area (TPSA) is 53.4 Å². The van der Waals surface area contributed by atoms with Gasteiger partial charge in [0.15, 0.2) is 0 Å². The summed E-state index contributed by atoms with van der Waals surface area (Å²) in [5.74, 6) is 0. The summed E-state index contributed by atoms with van der Waals surface area (Å²) in [5.41, 5.74) is 1.12. The number of hydrogen-bond acceptors (Lipinski definition) is 3. The molecule has 0 spiro atoms. The molecule has 0 aromatic carbocycles. The van der Waals surface area contributed by atoms with Gasteiger partial charge in [0.05, 0.1) is 24.6 Å². The number of aromatic nitrogens is 1. The smallest absolute Gasteiger partial charge is 0.0853 e. The molecule has 2 N–H and O–H groups in total. The van der Waals surface area contributed by atoms with Crippen LogP contribution in [0.25, 0.3) is 0 Å². The molecule has 0 atom stereocenters. The lowest BCUT2D eigenvalue weighted by molar-refractivity contribution is 0.265. The number of rotatable bonds is 2. The first-order valence-corrected chi connectivity index (χ1v) is 3.92. The Balaban J connectivity index is 3.02. The van der Waals surface area contributed by atoms with E-state index < -0.39 is 0 Å². The Hall–Kier alpha value is -0.450. The van der Waals surface area contributed by atoms with Crippen LogP contribution in [-0.2, 0) is 13.2 Å². The van der Waals surface area contributed by atoms with E-state index in [1.165, 1.54) is 0 Å². The van der Waals surface area contributed by atoms with Crippen LogP contribution in [0.1, 0.15) is 11.4 Å². The van der Waals surface area contributed by atoms with E-state index in [2.05, 4.69) is 20.9 Å². The van der Waals surface area contributed by atoms with Crippen LogP contribution in [0.4, 0.5) is 0 Å². The van der Waals surface area contributed by atoms with Crippen molar-refractivity contribution in [2.45, 2.75) is 13.2 Å². The summed E-state index contributed by atoms with van der Waals surface area (Å²) in [4.78, 5) is 3.94. The van der Waals surface area contributed by atoms with Gasteiger partial charge < -0.3 is 10.2 Å². The number of pyridine rings is 1. The summed E-state index contributed by atoms with van der Waals surface area (Å²) < 4.78 is 0.820. The molecule has 11 heavy (non-hydrogen) atoms. The zero-order chi connectivity index (χ0) is 8.27. The molecular formula is C7H8BrNO2. The molecule has 0 aliphatic heterocycles. The third-order valence-electron chi connectivity index (χ3n) is 1.22. The van der Waals surface area contributed by atoms with E-state index in [0.29, 0.717) is 11.4 Å². The number of aliphatic hydroxyl groups is 2. The predicted molar refractivity (Wildman–Crippen MR) is 43.8 cm³/mol. The molecular weight excluding hydrogens is 210 g/mol. The predicted octanol–water partition coefficient (Wildman–Crippen LogP) is 0.829. The molecule has 0 saturated carbocycles. The van der Waals surface area contributed by atoms with Crippen molar-refractivity contribution in [2.75, 3.05) is 0 Å². The Morgan fingerprint density at radius 1 is 1.18 bits per heavy atom. The second kappa shape index (κ2) is 3.80. The van der Waals surface area contributed by atoms with E-state index >= 15 is 0 Å². The van der Waals surface area contributed by atoms with Gasteiger partial charge in [-0.1, -0.05) is 15.9 Å². The van der Waals surface area contributed by atoms with Gasteiger partial charge >= 0.3 is 0 Å². The fourth-order valence-electron chi connectivity index (χ4n) is 0.771. The molecule has 0 aliphatic rings. The zero-order valence-corrected chi connectivity index (χ0v) is 7.37. The molecule has 3 nitrogen and oxygen atoms in total. The lowest BCUT2D eigenvalue weighted by Crippen LogP contribution is -1.95. The fourth-order valence-corrected chi connectivity index (χ4v) is 1.30. The van der Waals surface area contributed by atoms with Gasteiger partial charge in [0.25, 0.3) is 0 Å². The number of hydrogen-bond donors (Lipinski definition) is 2. The summed E-state index contributed by atoms with van der Waals surface area (Å²) in [6.45, 7) is -0.209. The van der Waals surface area contributed by atoms with E-state index in [1.807, 2.05) is 0 Å². The minimum Gasteiger partial charge on any atom is -0.390 e. The summed E-state index contributed by atoms with van der Waals surface area (Å²) in [7, 11) is 0. The van der Waals surface area contributed by atoms with Crippen molar-refractivity contribution < 1.29 is 10.2 Å². The summed E-state index contributed by atoms with van der Waals surface area (Å²) in [6.07, 6.45) is 0. The Morgan fingerprint density at radius 2 is 1.64 bits per heavy atom. The van der Waals surface area contributed by atoms with Gasteiger partial charge in [-0.15, -0.1) is 0 Å². The van der Waals surface area contributed by atoms with Crippen molar-refractivity contribution in [3.8, 4) is 0 Å². The first kappa shape index (κ1) is 8.64. The third-order valence-corrected chi connectivity index (χ3v) is 1.68. The minimum absolute atomic E-state index is 0.105. The van der Waals surface area contributed by atoms with Gasteiger partial charge in [0, 0.05) is 4.47 Å². The zero-order valence-electron chi connectivity index (χ0n) is 5.79. The summed E-state index contributed by atoms with van der Waals surface area (Å²) in [6, 6.07) is 3.42. The van der Waals surface area contributed by atoms with Gasteiger partial charge in [0.1, 0.15) is 0 Å². The second-order valence-electron chi connectivity index (χ2n) is 2.08. The molecule has 0 radical (unpaired) electrons. The second-order valence-corrected chi connectivity index (χ2v) is 3.00. The summed E-state index contributed by atoms with van der Waals surface area (Å²) in [5, 5.41) is 17.4. The number of nitrogens with zero attached hydrogens (tertiary/aromatic N) is 1. The molecule has 0 fully saturated rings. The largest absolute Gasteiger partial charge is 0.390 e. The van der Waals surface area contributed by atoms with E-state index in [9.17, 15) is 0 Å². The first-order chi connectivity index (χ1) is 5.26. The van der Waals surface area contributed by atoms with Crippen molar-refractivity contribution in [1.82, 2.24) is 4.98 Å². The van der Waals surface area contributed by atoms with E-state index in [1.54, 1.807) is 12.1 Å². The standard InChI is InChI=1S/C7H8BrNO2/c8-5-1-6(3-10)9-7(2-5)4-11/h1-2,10-11H,3-4H2. The van der Waals surface area contributed by atoms with E-state index in [-0.39, 0.29) is 13.2 Å². The highest BCUT2D eigenvalue weighted by Gasteiger charge is 1.98. The number of halogens is 1. The normalized spacial score (nSPS) is 10.1. The van der Waals surface area contributed by atoms with Gasteiger partial charge in [-0.05, 0) is 12.1 Å². The lowest BCUT2D eigenvalue weighted by Gasteiger charge is -2.00. The van der Waals surface area contributed by atoms with Crippen molar-refractivity contribution in [3.63, 3.8) is 0 Å². The minimum atomic E-state index is -0.105. The van der Waals surface area contributed by atoms with Crippen LogP contribution in [0, 0.1) is 0 Å². The molecule has 0 saturated heterocycles. The molecule has 1 heterocycles. The van der Waals surface area contributed by atoms with Gasteiger partial charge in [-0.2, -0.15) is 0 Å². The molecule has 1 aromatic rings. The Labute approximate surface area is 72.8 Å². The molecule has 4 heteroatoms. The SMILES string of the molecule is OCc1cc(Br)cc(CO)n1. The van der Waals surface area contributed by atoms with Crippen LogP contribution in [0.5, 0.6) is 0 Å². The van der Waals surface area contributed by atoms with Crippen LogP contribution in [0.3, 0.4) is 0 Å². The quantitative estimate of drug-likeness (QED) is 0.772. The average Bonchev–Trinajstić information content (AvgIpc) is 2.03. The Morgan fingerprint density at radius 3 is 2.00 bits per heavy atom. The van der Waals surface area contributed by atoms with E-state index in [0.717, 1.165) is 4.47 Å². The van der Waals surface area contributed by atoms with Gasteiger partial charge in [-0.25, -0.2) is 0 Å².